The van der Waals surface area contributed by atoms with Crippen molar-refractivity contribution < 1.29 is 19.1 Å². The summed E-state index contributed by atoms with van der Waals surface area (Å²) in [5.41, 5.74) is 0. The van der Waals surface area contributed by atoms with Gasteiger partial charge in [-0.05, 0) is 6.72 Å². The Bertz CT molecular complexity index is 178. The lowest BCUT2D eigenvalue weighted by atomic mass is 10.6. The van der Waals surface area contributed by atoms with Gasteiger partial charge in [-0.3, -0.25) is 0 Å². The van der Waals surface area contributed by atoms with Crippen molar-refractivity contribution in [1.29, 1.82) is 0 Å². The minimum Gasteiger partial charge on any atom is -0.459 e. The highest BCUT2D eigenvalue weighted by Crippen LogP contribution is 1.84. The number of carbonyl (C=O) groups is 2. The number of aliphatic imine (C=N–C) groups is 1. The second kappa shape index (κ2) is 6.09. The highest BCUT2D eigenvalue weighted by atomic mass is 16.6. The summed E-state index contributed by atoms with van der Waals surface area (Å²) in [6.07, 6.45) is 0.234. The second-order valence-electron chi connectivity index (χ2n) is 1.64. The third-order valence-corrected chi connectivity index (χ3v) is 0.849. The fourth-order valence-corrected chi connectivity index (χ4v) is 0.376. The molecular formula is C7H9NO4. The summed E-state index contributed by atoms with van der Waals surface area (Å²) in [5, 5.41) is 0. The van der Waals surface area contributed by atoms with E-state index in [9.17, 15) is 9.59 Å². The molecule has 0 saturated heterocycles. The Hall–Kier alpha value is -1.65. The monoisotopic (exact) mass is 171 g/mol. The number of nitrogens with zero attached hydrogens (tertiary/aromatic N) is 1. The van der Waals surface area contributed by atoms with Crippen LogP contribution in [0.25, 0.3) is 0 Å². The number of amides is 1. The third-order valence-electron chi connectivity index (χ3n) is 0.849. The van der Waals surface area contributed by atoms with E-state index in [1.165, 1.54) is 0 Å². The van der Waals surface area contributed by atoms with Gasteiger partial charge in [0.05, 0.1) is 0 Å². The molecule has 0 aromatic rings. The van der Waals surface area contributed by atoms with Gasteiger partial charge in [0.15, 0.2) is 0 Å². The molecule has 5 heteroatoms. The van der Waals surface area contributed by atoms with Crippen LogP contribution in [-0.2, 0) is 14.3 Å². The van der Waals surface area contributed by atoms with Gasteiger partial charge in [-0.1, -0.05) is 6.58 Å². The fraction of sp³-hybridized carbons (Fsp3) is 0.286. The molecule has 12 heavy (non-hydrogen) atoms. The average Bonchev–Trinajstić information content (AvgIpc) is 2.11. The summed E-state index contributed by atoms with van der Waals surface area (Å²) in [6.45, 7) is 6.08. The van der Waals surface area contributed by atoms with Crippen LogP contribution in [0.3, 0.4) is 0 Å². The molecule has 0 aliphatic heterocycles. The lowest BCUT2D eigenvalue weighted by Crippen LogP contribution is -2.10. The smallest absolute Gasteiger partial charge is 0.433 e. The molecule has 5 nitrogen and oxygen atoms in total. The van der Waals surface area contributed by atoms with Gasteiger partial charge in [0.25, 0.3) is 0 Å². The first-order valence-corrected chi connectivity index (χ1v) is 3.13. The van der Waals surface area contributed by atoms with Crippen molar-refractivity contribution in [1.82, 2.24) is 0 Å². The van der Waals surface area contributed by atoms with Crippen LogP contribution in [0.1, 0.15) is 0 Å². The quantitative estimate of drug-likeness (QED) is 0.268. The first-order chi connectivity index (χ1) is 5.70. The second-order valence-corrected chi connectivity index (χ2v) is 1.64. The minimum atomic E-state index is -0.787. The minimum absolute atomic E-state index is 0.00782. The largest absolute Gasteiger partial charge is 0.459 e. The van der Waals surface area contributed by atoms with Gasteiger partial charge < -0.3 is 9.47 Å². The van der Waals surface area contributed by atoms with Crippen molar-refractivity contribution >= 4 is 18.8 Å². The van der Waals surface area contributed by atoms with E-state index in [-0.39, 0.29) is 13.2 Å². The Balaban J connectivity index is 3.32. The summed E-state index contributed by atoms with van der Waals surface area (Å²) in [7, 11) is 0. The van der Waals surface area contributed by atoms with E-state index in [2.05, 4.69) is 27.8 Å². The number of carbonyl (C=O) groups excluding carboxylic acids is 2. The normalized spacial score (nSPS) is 8.33. The molecule has 1 amide bonds. The van der Waals surface area contributed by atoms with Crippen molar-refractivity contribution in [2.24, 2.45) is 4.99 Å². The van der Waals surface area contributed by atoms with Crippen molar-refractivity contribution in [3.05, 3.63) is 12.7 Å². The van der Waals surface area contributed by atoms with E-state index in [1.54, 1.807) is 0 Å². The van der Waals surface area contributed by atoms with Gasteiger partial charge in [0, 0.05) is 6.08 Å². The number of hydrogen-bond acceptors (Lipinski definition) is 4. The maximum Gasteiger partial charge on any atom is 0.433 e. The molecule has 0 spiro atoms. The predicted molar refractivity (Wildman–Crippen MR) is 42.1 cm³/mol. The highest BCUT2D eigenvalue weighted by Gasteiger charge is 1.98. The van der Waals surface area contributed by atoms with Crippen molar-refractivity contribution in [3.63, 3.8) is 0 Å². The Labute approximate surface area is 69.7 Å². The van der Waals surface area contributed by atoms with E-state index in [4.69, 9.17) is 0 Å². The summed E-state index contributed by atoms with van der Waals surface area (Å²) in [6, 6.07) is 0. The molecule has 0 N–H and O–H groups in total. The fourth-order valence-electron chi connectivity index (χ4n) is 0.376. The zero-order valence-corrected chi connectivity index (χ0v) is 6.49. The Morgan fingerprint density at radius 2 is 1.92 bits per heavy atom. The number of rotatable bonds is 4. The van der Waals surface area contributed by atoms with Gasteiger partial charge in [-0.15, -0.1) is 0 Å². The molecule has 66 valence electrons. The molecule has 0 unspecified atom stereocenters. The van der Waals surface area contributed by atoms with Gasteiger partial charge in [-0.2, -0.15) is 4.99 Å². The topological polar surface area (TPSA) is 65.0 Å². The average molecular weight is 171 g/mol. The highest BCUT2D eigenvalue weighted by molar-refractivity contribution is 5.81. The zero-order valence-electron chi connectivity index (χ0n) is 6.49. The molecule has 0 aliphatic carbocycles. The lowest BCUT2D eigenvalue weighted by molar-refractivity contribution is -0.138. The van der Waals surface area contributed by atoms with Crippen molar-refractivity contribution in [3.8, 4) is 0 Å². The number of hydrogen-bond donors (Lipinski definition) is 0. The molecule has 0 bridgehead atoms. The van der Waals surface area contributed by atoms with Crippen molar-refractivity contribution in [2.45, 2.75) is 0 Å². The molecule has 0 radical (unpaired) electrons. The van der Waals surface area contributed by atoms with Crippen LogP contribution < -0.4 is 0 Å². The molecule has 0 aromatic carbocycles. The Morgan fingerprint density at radius 1 is 1.33 bits per heavy atom. The molecule has 0 rings (SSSR count). The molecule has 0 heterocycles. The van der Waals surface area contributed by atoms with Crippen LogP contribution in [0.4, 0.5) is 4.79 Å². The first kappa shape index (κ1) is 10.3. The SMILES string of the molecule is C=CC(=O)OCCOC(=O)N=C. The van der Waals surface area contributed by atoms with Crippen LogP contribution in [0.5, 0.6) is 0 Å². The predicted octanol–water partition coefficient (Wildman–Crippen LogP) is 0.553. The maximum absolute atomic E-state index is 10.4. The van der Waals surface area contributed by atoms with E-state index < -0.39 is 12.1 Å². The Morgan fingerprint density at radius 3 is 2.42 bits per heavy atom. The van der Waals surface area contributed by atoms with Crippen LogP contribution in [0.15, 0.2) is 17.6 Å². The standard InChI is InChI=1S/C7H9NO4/c1-3-6(9)11-4-5-12-7(10)8-2/h3H,1-2,4-5H2. The van der Waals surface area contributed by atoms with Crippen LogP contribution >= 0.6 is 0 Å². The van der Waals surface area contributed by atoms with Crippen molar-refractivity contribution in [2.75, 3.05) is 13.2 Å². The lowest BCUT2D eigenvalue weighted by Gasteiger charge is -2.00. The van der Waals surface area contributed by atoms with Crippen LogP contribution in [0, 0.1) is 0 Å². The molecule has 0 aliphatic rings. The first-order valence-electron chi connectivity index (χ1n) is 3.13. The van der Waals surface area contributed by atoms with Gasteiger partial charge in [-0.25, -0.2) is 9.59 Å². The van der Waals surface area contributed by atoms with E-state index >= 15 is 0 Å². The maximum atomic E-state index is 10.4. The molecule has 0 fully saturated rings. The molecular weight excluding hydrogens is 162 g/mol. The molecule has 0 aromatic heterocycles. The summed E-state index contributed by atoms with van der Waals surface area (Å²) in [5.74, 6) is -0.558. The summed E-state index contributed by atoms with van der Waals surface area (Å²) in [4.78, 5) is 23.7. The van der Waals surface area contributed by atoms with Gasteiger partial charge >= 0.3 is 12.1 Å². The van der Waals surface area contributed by atoms with E-state index in [0.717, 1.165) is 6.08 Å². The zero-order chi connectivity index (χ0) is 9.40. The summed E-state index contributed by atoms with van der Waals surface area (Å²) >= 11 is 0. The molecule has 0 atom stereocenters. The number of esters is 1. The number of ether oxygens (including phenoxy) is 2. The van der Waals surface area contributed by atoms with Crippen LogP contribution in [0.2, 0.25) is 0 Å². The van der Waals surface area contributed by atoms with Gasteiger partial charge in [0.2, 0.25) is 0 Å². The van der Waals surface area contributed by atoms with Gasteiger partial charge in [0.1, 0.15) is 13.2 Å². The molecule has 0 saturated carbocycles. The Kier molecular flexibility index (Phi) is 5.25. The van der Waals surface area contributed by atoms with E-state index in [0.29, 0.717) is 0 Å². The third kappa shape index (κ3) is 5.16. The van der Waals surface area contributed by atoms with E-state index in [1.807, 2.05) is 0 Å². The summed E-state index contributed by atoms with van der Waals surface area (Å²) < 4.78 is 8.90. The van der Waals surface area contributed by atoms with Crippen LogP contribution in [-0.4, -0.2) is 32.0 Å².